The van der Waals surface area contributed by atoms with Gasteiger partial charge in [-0.3, -0.25) is 4.79 Å². The van der Waals surface area contributed by atoms with Crippen LogP contribution in [-0.2, 0) is 13.1 Å². The van der Waals surface area contributed by atoms with Crippen molar-refractivity contribution in [1.29, 1.82) is 0 Å². The third-order valence-corrected chi connectivity index (χ3v) is 4.37. The fourth-order valence-corrected chi connectivity index (χ4v) is 3.10. The maximum atomic E-state index is 12.6. The Balaban J connectivity index is 1.82. The van der Waals surface area contributed by atoms with E-state index in [0.717, 1.165) is 21.3 Å². The second kappa shape index (κ2) is 8.26. The van der Waals surface area contributed by atoms with Crippen LogP contribution in [0.25, 0.3) is 11.0 Å². The highest BCUT2D eigenvalue weighted by Gasteiger charge is 2.14. The van der Waals surface area contributed by atoms with Gasteiger partial charge in [0, 0.05) is 10.0 Å². The molecule has 2 aromatic carbocycles. The molecule has 0 unspecified atom stereocenters. The van der Waals surface area contributed by atoms with Crippen molar-refractivity contribution in [2.24, 2.45) is 0 Å². The maximum absolute atomic E-state index is 12.6. The first kappa shape index (κ1) is 19.0. The highest BCUT2D eigenvalue weighted by Crippen LogP contribution is 2.27. The summed E-state index contributed by atoms with van der Waals surface area (Å²) in [7, 11) is 3.09. The van der Waals surface area contributed by atoms with E-state index in [0.29, 0.717) is 30.2 Å². The molecule has 27 heavy (non-hydrogen) atoms. The molecule has 0 aliphatic rings. The van der Waals surface area contributed by atoms with Gasteiger partial charge in [0.2, 0.25) is 0 Å². The van der Waals surface area contributed by atoms with Gasteiger partial charge in [0.05, 0.1) is 38.3 Å². The molecule has 1 N–H and O–H groups in total. The SMILES string of the molecule is C=C(Br)Cn1c(CNC(=O)c2ccc(OC)c(OC)c2)nc2ccccc21. The van der Waals surface area contributed by atoms with Crippen molar-refractivity contribution in [2.45, 2.75) is 13.1 Å². The molecule has 0 saturated carbocycles. The Morgan fingerprint density at radius 1 is 1.19 bits per heavy atom. The quantitative estimate of drug-likeness (QED) is 0.618. The van der Waals surface area contributed by atoms with E-state index in [9.17, 15) is 4.79 Å². The Bertz CT molecular complexity index is 997. The number of halogens is 1. The second-order valence-electron chi connectivity index (χ2n) is 5.87. The van der Waals surface area contributed by atoms with Crippen LogP contribution in [0.1, 0.15) is 16.2 Å². The zero-order valence-electron chi connectivity index (χ0n) is 15.2. The van der Waals surface area contributed by atoms with Crippen LogP contribution in [-0.4, -0.2) is 29.7 Å². The first-order valence-electron chi connectivity index (χ1n) is 8.31. The summed E-state index contributed by atoms with van der Waals surface area (Å²) in [6.07, 6.45) is 0. The molecule has 1 amide bonds. The molecule has 7 heteroatoms. The Kier molecular flexibility index (Phi) is 5.81. The van der Waals surface area contributed by atoms with Crippen LogP contribution < -0.4 is 14.8 Å². The number of nitrogens with one attached hydrogen (secondary N) is 1. The largest absolute Gasteiger partial charge is 0.493 e. The Labute approximate surface area is 165 Å². The fraction of sp³-hybridized carbons (Fsp3) is 0.200. The number of carbonyl (C=O) groups excluding carboxylic acids is 1. The zero-order valence-corrected chi connectivity index (χ0v) is 16.7. The van der Waals surface area contributed by atoms with Gasteiger partial charge in [-0.05, 0) is 30.3 Å². The van der Waals surface area contributed by atoms with E-state index in [2.05, 4.69) is 32.8 Å². The van der Waals surface area contributed by atoms with Gasteiger partial charge in [0.1, 0.15) is 5.82 Å². The minimum atomic E-state index is -0.216. The Morgan fingerprint density at radius 2 is 1.93 bits per heavy atom. The van der Waals surface area contributed by atoms with E-state index in [1.807, 2.05) is 28.8 Å². The number of ether oxygens (including phenoxy) is 2. The number of hydrogen-bond acceptors (Lipinski definition) is 4. The normalized spacial score (nSPS) is 10.6. The molecule has 3 rings (SSSR count). The lowest BCUT2D eigenvalue weighted by atomic mass is 10.2. The monoisotopic (exact) mass is 429 g/mol. The molecule has 1 heterocycles. The summed E-state index contributed by atoms with van der Waals surface area (Å²) in [6.45, 7) is 4.78. The van der Waals surface area contributed by atoms with Crippen molar-refractivity contribution in [3.63, 3.8) is 0 Å². The summed E-state index contributed by atoms with van der Waals surface area (Å²) < 4.78 is 13.3. The Morgan fingerprint density at radius 3 is 2.63 bits per heavy atom. The van der Waals surface area contributed by atoms with Crippen molar-refractivity contribution in [2.75, 3.05) is 14.2 Å². The van der Waals surface area contributed by atoms with Gasteiger partial charge in [-0.1, -0.05) is 34.6 Å². The lowest BCUT2D eigenvalue weighted by molar-refractivity contribution is 0.0949. The van der Waals surface area contributed by atoms with Crippen LogP contribution >= 0.6 is 15.9 Å². The number of rotatable bonds is 7. The number of amides is 1. The molecule has 6 nitrogen and oxygen atoms in total. The minimum Gasteiger partial charge on any atom is -0.493 e. The van der Waals surface area contributed by atoms with Gasteiger partial charge in [-0.15, -0.1) is 0 Å². The first-order valence-corrected chi connectivity index (χ1v) is 9.10. The van der Waals surface area contributed by atoms with E-state index in [-0.39, 0.29) is 5.91 Å². The number of aromatic nitrogens is 2. The summed E-state index contributed by atoms with van der Waals surface area (Å²) in [5.41, 5.74) is 2.36. The molecule has 0 aliphatic heterocycles. The van der Waals surface area contributed by atoms with E-state index in [1.54, 1.807) is 25.3 Å². The number of allylic oxidation sites excluding steroid dienone is 1. The summed E-state index contributed by atoms with van der Waals surface area (Å²) in [5, 5.41) is 2.92. The predicted molar refractivity (Wildman–Crippen MR) is 109 cm³/mol. The molecule has 1 aromatic heterocycles. The summed E-state index contributed by atoms with van der Waals surface area (Å²) >= 11 is 3.41. The van der Waals surface area contributed by atoms with Gasteiger partial charge in [-0.25, -0.2) is 4.98 Å². The molecule has 0 fully saturated rings. The summed E-state index contributed by atoms with van der Waals surface area (Å²) in [6, 6.07) is 12.9. The van der Waals surface area contributed by atoms with E-state index >= 15 is 0 Å². The Hall–Kier alpha value is -2.80. The van der Waals surface area contributed by atoms with Crippen LogP contribution in [0.4, 0.5) is 0 Å². The van der Waals surface area contributed by atoms with Gasteiger partial charge in [-0.2, -0.15) is 0 Å². The maximum Gasteiger partial charge on any atom is 0.251 e. The van der Waals surface area contributed by atoms with Crippen molar-refractivity contribution in [3.05, 3.63) is 64.9 Å². The molecule has 0 radical (unpaired) electrons. The molecule has 0 saturated heterocycles. The van der Waals surface area contributed by atoms with Crippen molar-refractivity contribution >= 4 is 32.9 Å². The number of benzene rings is 2. The van der Waals surface area contributed by atoms with E-state index in [4.69, 9.17) is 9.47 Å². The number of carbonyl (C=O) groups is 1. The average molecular weight is 430 g/mol. The van der Waals surface area contributed by atoms with Crippen LogP contribution in [0.5, 0.6) is 11.5 Å². The number of hydrogen-bond donors (Lipinski definition) is 1. The molecule has 0 aliphatic carbocycles. The third-order valence-electron chi connectivity index (χ3n) is 4.12. The standard InChI is InChI=1S/C20H20BrN3O3/c1-13(21)12-24-16-7-5-4-6-15(16)23-19(24)11-22-20(25)14-8-9-17(26-2)18(10-14)27-3/h4-10H,1,11-12H2,2-3H3,(H,22,25). The van der Waals surface area contributed by atoms with Gasteiger partial charge >= 0.3 is 0 Å². The highest BCUT2D eigenvalue weighted by atomic mass is 79.9. The van der Waals surface area contributed by atoms with Gasteiger partial charge < -0.3 is 19.4 Å². The van der Waals surface area contributed by atoms with E-state index < -0.39 is 0 Å². The number of fused-ring (bicyclic) bond motifs is 1. The summed E-state index contributed by atoms with van der Waals surface area (Å²) in [4.78, 5) is 17.2. The van der Waals surface area contributed by atoms with Crippen molar-refractivity contribution < 1.29 is 14.3 Å². The van der Waals surface area contributed by atoms with Crippen LogP contribution in [0.2, 0.25) is 0 Å². The fourth-order valence-electron chi connectivity index (χ4n) is 2.85. The minimum absolute atomic E-state index is 0.216. The first-order chi connectivity index (χ1) is 13.0. The summed E-state index contributed by atoms with van der Waals surface area (Å²) in [5.74, 6) is 1.62. The molecule has 140 valence electrons. The number of methoxy groups -OCH3 is 2. The highest BCUT2D eigenvalue weighted by molar-refractivity contribution is 9.11. The van der Waals surface area contributed by atoms with Crippen LogP contribution in [0, 0.1) is 0 Å². The number of imidazole rings is 1. The molecule has 3 aromatic rings. The number of nitrogens with zero attached hydrogens (tertiary/aromatic N) is 2. The van der Waals surface area contributed by atoms with Gasteiger partial charge in [0.25, 0.3) is 5.91 Å². The number of para-hydroxylation sites is 2. The van der Waals surface area contributed by atoms with E-state index in [1.165, 1.54) is 7.11 Å². The predicted octanol–water partition coefficient (Wildman–Crippen LogP) is 3.89. The molecule has 0 atom stereocenters. The smallest absolute Gasteiger partial charge is 0.251 e. The topological polar surface area (TPSA) is 65.4 Å². The van der Waals surface area contributed by atoms with Crippen LogP contribution in [0.3, 0.4) is 0 Å². The lowest BCUT2D eigenvalue weighted by Gasteiger charge is -2.11. The third kappa shape index (κ3) is 4.14. The zero-order chi connectivity index (χ0) is 19.4. The van der Waals surface area contributed by atoms with Gasteiger partial charge in [0.15, 0.2) is 11.5 Å². The molecular weight excluding hydrogens is 410 g/mol. The van der Waals surface area contributed by atoms with Crippen molar-refractivity contribution in [1.82, 2.24) is 14.9 Å². The average Bonchev–Trinajstić information content (AvgIpc) is 3.02. The molecule has 0 bridgehead atoms. The molecule has 0 spiro atoms. The van der Waals surface area contributed by atoms with Crippen LogP contribution in [0.15, 0.2) is 53.5 Å². The molecular formula is C20H20BrN3O3. The van der Waals surface area contributed by atoms with Crippen molar-refractivity contribution in [3.8, 4) is 11.5 Å². The lowest BCUT2D eigenvalue weighted by Crippen LogP contribution is -2.24. The second-order valence-corrected chi connectivity index (χ2v) is 6.99.